The molecule has 1 aliphatic carbocycles. The lowest BCUT2D eigenvalue weighted by Gasteiger charge is -2.31. The summed E-state index contributed by atoms with van der Waals surface area (Å²) in [5, 5.41) is 2.89. The highest BCUT2D eigenvalue weighted by molar-refractivity contribution is 5.94. The van der Waals surface area contributed by atoms with Crippen molar-refractivity contribution in [1.29, 1.82) is 0 Å². The molecule has 0 saturated heterocycles. The summed E-state index contributed by atoms with van der Waals surface area (Å²) in [5.41, 5.74) is 4.18. The second-order valence-corrected chi connectivity index (χ2v) is 6.99. The number of carbonyl (C=O) groups excluding carboxylic acids is 2. The molecule has 1 aliphatic rings. The fourth-order valence-corrected chi connectivity index (χ4v) is 3.52. The summed E-state index contributed by atoms with van der Waals surface area (Å²) in [6.45, 7) is 0. The molecule has 2 aromatic carbocycles. The van der Waals surface area contributed by atoms with Crippen LogP contribution in [0.5, 0.6) is 0 Å². The van der Waals surface area contributed by atoms with Gasteiger partial charge in [0.05, 0.1) is 17.2 Å². The predicted octanol–water partition coefficient (Wildman–Crippen LogP) is 4.14. The SMILES string of the molecule is O=C(N[C@H]1CCCC[C@H]1C(=O)NNc1ccccc1C(F)(F)F)c1ccccc1. The molecular formula is C21H22F3N3O2. The van der Waals surface area contributed by atoms with Gasteiger partial charge in [0.25, 0.3) is 5.91 Å². The molecule has 29 heavy (non-hydrogen) atoms. The Morgan fingerprint density at radius 1 is 0.897 bits per heavy atom. The topological polar surface area (TPSA) is 70.2 Å². The standard InChI is InChI=1S/C21H22F3N3O2/c22-21(23,24)16-11-5-7-13-18(16)26-27-20(29)15-10-4-6-12-17(15)25-19(28)14-8-2-1-3-9-14/h1-3,5,7-9,11,13,15,17,26H,4,6,10,12H2,(H,25,28)(H,27,29)/t15-,17+/m1/s1. The molecule has 154 valence electrons. The molecule has 0 radical (unpaired) electrons. The van der Waals surface area contributed by atoms with Gasteiger partial charge in [-0.25, -0.2) is 0 Å². The van der Waals surface area contributed by atoms with Gasteiger partial charge in [-0.15, -0.1) is 0 Å². The van der Waals surface area contributed by atoms with Gasteiger partial charge in [-0.05, 0) is 37.1 Å². The minimum absolute atomic E-state index is 0.228. The Kier molecular flexibility index (Phi) is 6.41. The molecule has 2 amide bonds. The lowest BCUT2D eigenvalue weighted by Crippen LogP contribution is -2.49. The lowest BCUT2D eigenvalue weighted by molar-refractivity contribution is -0.137. The number of nitrogens with one attached hydrogen (secondary N) is 3. The van der Waals surface area contributed by atoms with Crippen LogP contribution in [-0.2, 0) is 11.0 Å². The van der Waals surface area contributed by atoms with Gasteiger partial charge in [0.1, 0.15) is 0 Å². The summed E-state index contributed by atoms with van der Waals surface area (Å²) in [4.78, 5) is 25.1. The van der Waals surface area contributed by atoms with Gasteiger partial charge in [-0.3, -0.25) is 20.4 Å². The summed E-state index contributed by atoms with van der Waals surface area (Å²) in [7, 11) is 0. The van der Waals surface area contributed by atoms with Crippen LogP contribution in [0.1, 0.15) is 41.6 Å². The van der Waals surface area contributed by atoms with Gasteiger partial charge in [0, 0.05) is 11.6 Å². The van der Waals surface area contributed by atoms with Crippen molar-refractivity contribution in [2.24, 2.45) is 5.92 Å². The molecule has 3 rings (SSSR count). The van der Waals surface area contributed by atoms with Crippen LogP contribution in [-0.4, -0.2) is 17.9 Å². The van der Waals surface area contributed by atoms with E-state index in [0.717, 1.165) is 18.9 Å². The minimum atomic E-state index is -4.54. The van der Waals surface area contributed by atoms with Crippen molar-refractivity contribution < 1.29 is 22.8 Å². The van der Waals surface area contributed by atoms with Gasteiger partial charge in [-0.1, -0.05) is 43.2 Å². The molecule has 2 atom stereocenters. The van der Waals surface area contributed by atoms with Crippen LogP contribution in [0.15, 0.2) is 54.6 Å². The van der Waals surface area contributed by atoms with E-state index in [0.29, 0.717) is 18.4 Å². The van der Waals surface area contributed by atoms with Crippen molar-refractivity contribution in [1.82, 2.24) is 10.7 Å². The first-order valence-corrected chi connectivity index (χ1v) is 9.44. The number of hydrogen-bond acceptors (Lipinski definition) is 3. The predicted molar refractivity (Wildman–Crippen MR) is 103 cm³/mol. The second-order valence-electron chi connectivity index (χ2n) is 6.99. The highest BCUT2D eigenvalue weighted by Crippen LogP contribution is 2.34. The minimum Gasteiger partial charge on any atom is -0.349 e. The first-order chi connectivity index (χ1) is 13.9. The number of halogens is 3. The third-order valence-corrected chi connectivity index (χ3v) is 5.01. The third kappa shape index (κ3) is 5.28. The van der Waals surface area contributed by atoms with E-state index in [9.17, 15) is 22.8 Å². The van der Waals surface area contributed by atoms with Crippen molar-refractivity contribution in [3.63, 3.8) is 0 Å². The van der Waals surface area contributed by atoms with E-state index < -0.39 is 23.6 Å². The molecule has 1 saturated carbocycles. The highest BCUT2D eigenvalue weighted by Gasteiger charge is 2.35. The van der Waals surface area contributed by atoms with Crippen LogP contribution in [0.4, 0.5) is 18.9 Å². The van der Waals surface area contributed by atoms with E-state index in [1.807, 2.05) is 0 Å². The van der Waals surface area contributed by atoms with Crippen LogP contribution in [0.25, 0.3) is 0 Å². The molecule has 0 unspecified atom stereocenters. The fourth-order valence-electron chi connectivity index (χ4n) is 3.52. The van der Waals surface area contributed by atoms with Gasteiger partial charge in [0.15, 0.2) is 0 Å². The molecule has 5 nitrogen and oxygen atoms in total. The van der Waals surface area contributed by atoms with Gasteiger partial charge >= 0.3 is 6.18 Å². The summed E-state index contributed by atoms with van der Waals surface area (Å²) in [6.07, 6.45) is -1.67. The van der Waals surface area contributed by atoms with Crippen LogP contribution in [0.2, 0.25) is 0 Å². The van der Waals surface area contributed by atoms with E-state index in [4.69, 9.17) is 0 Å². The number of carbonyl (C=O) groups is 2. The zero-order valence-corrected chi connectivity index (χ0v) is 15.6. The Morgan fingerprint density at radius 3 is 2.28 bits per heavy atom. The molecular weight excluding hydrogens is 383 g/mol. The van der Waals surface area contributed by atoms with E-state index >= 15 is 0 Å². The number of hydrazine groups is 1. The normalized spacial score (nSPS) is 19.3. The Labute approximate surface area is 166 Å². The Bertz CT molecular complexity index is 856. The van der Waals surface area contributed by atoms with Crippen LogP contribution in [0, 0.1) is 5.92 Å². The Hall–Kier alpha value is -3.03. The number of rotatable bonds is 5. The molecule has 0 aliphatic heterocycles. The highest BCUT2D eigenvalue weighted by atomic mass is 19.4. The van der Waals surface area contributed by atoms with Crippen molar-refractivity contribution in [2.45, 2.75) is 37.9 Å². The van der Waals surface area contributed by atoms with Crippen LogP contribution >= 0.6 is 0 Å². The molecule has 8 heteroatoms. The lowest BCUT2D eigenvalue weighted by atomic mass is 9.84. The fraction of sp³-hybridized carbons (Fsp3) is 0.333. The summed E-state index contributed by atoms with van der Waals surface area (Å²) >= 11 is 0. The molecule has 3 N–H and O–H groups in total. The molecule has 1 fully saturated rings. The average molecular weight is 405 g/mol. The quantitative estimate of drug-likeness (QED) is 0.655. The zero-order valence-electron chi connectivity index (χ0n) is 15.6. The molecule has 0 bridgehead atoms. The van der Waals surface area contributed by atoms with Crippen molar-refractivity contribution >= 4 is 17.5 Å². The number of anilines is 1. The van der Waals surface area contributed by atoms with Crippen molar-refractivity contribution in [3.05, 3.63) is 65.7 Å². The van der Waals surface area contributed by atoms with Crippen LogP contribution < -0.4 is 16.2 Å². The number of hydrogen-bond donors (Lipinski definition) is 3. The zero-order chi connectivity index (χ0) is 20.9. The van der Waals surface area contributed by atoms with E-state index in [1.165, 1.54) is 18.2 Å². The Balaban J connectivity index is 1.65. The van der Waals surface area contributed by atoms with Gasteiger partial charge in [-0.2, -0.15) is 13.2 Å². The average Bonchev–Trinajstić information content (AvgIpc) is 2.72. The first-order valence-electron chi connectivity index (χ1n) is 9.44. The smallest absolute Gasteiger partial charge is 0.349 e. The van der Waals surface area contributed by atoms with Crippen LogP contribution in [0.3, 0.4) is 0 Å². The van der Waals surface area contributed by atoms with Gasteiger partial charge in [0.2, 0.25) is 5.91 Å². The largest absolute Gasteiger partial charge is 0.418 e. The van der Waals surface area contributed by atoms with E-state index in [2.05, 4.69) is 16.2 Å². The first kappa shape index (κ1) is 20.7. The molecule has 0 spiro atoms. The number of amides is 2. The maximum atomic E-state index is 13.1. The number of alkyl halides is 3. The number of para-hydroxylation sites is 1. The molecule has 2 aromatic rings. The maximum Gasteiger partial charge on any atom is 0.418 e. The molecule has 0 aromatic heterocycles. The third-order valence-electron chi connectivity index (χ3n) is 5.01. The molecule has 0 heterocycles. The van der Waals surface area contributed by atoms with Crippen molar-refractivity contribution in [2.75, 3.05) is 5.43 Å². The number of benzene rings is 2. The summed E-state index contributed by atoms with van der Waals surface area (Å²) in [6, 6.07) is 13.2. The van der Waals surface area contributed by atoms with E-state index in [-0.39, 0.29) is 17.6 Å². The summed E-state index contributed by atoms with van der Waals surface area (Å²) in [5.74, 6) is -1.24. The second kappa shape index (κ2) is 8.98. The Morgan fingerprint density at radius 2 is 1.55 bits per heavy atom. The summed E-state index contributed by atoms with van der Waals surface area (Å²) < 4.78 is 39.3. The monoisotopic (exact) mass is 405 g/mol. The van der Waals surface area contributed by atoms with E-state index in [1.54, 1.807) is 30.3 Å². The maximum absolute atomic E-state index is 13.1. The van der Waals surface area contributed by atoms with Gasteiger partial charge < -0.3 is 5.32 Å². The van der Waals surface area contributed by atoms with Crippen molar-refractivity contribution in [3.8, 4) is 0 Å².